The third kappa shape index (κ3) is 4.81. The van der Waals surface area contributed by atoms with Gasteiger partial charge in [-0.25, -0.2) is 12.8 Å². The van der Waals surface area contributed by atoms with E-state index in [0.717, 1.165) is 4.47 Å². The van der Waals surface area contributed by atoms with E-state index in [1.165, 1.54) is 23.9 Å². The lowest BCUT2D eigenvalue weighted by Crippen LogP contribution is -2.36. The van der Waals surface area contributed by atoms with Gasteiger partial charge in [-0.05, 0) is 48.5 Å². The highest BCUT2D eigenvalue weighted by atomic mass is 79.9. The number of sulfone groups is 1. The fourth-order valence-electron chi connectivity index (χ4n) is 3.24. The predicted molar refractivity (Wildman–Crippen MR) is 118 cm³/mol. The number of anilines is 2. The Balaban J connectivity index is 1.55. The van der Waals surface area contributed by atoms with Crippen LogP contribution in [0.2, 0.25) is 0 Å². The summed E-state index contributed by atoms with van der Waals surface area (Å²) in [4.78, 5) is 18.9. The minimum Gasteiger partial charge on any atom is -0.325 e. The van der Waals surface area contributed by atoms with Crippen LogP contribution >= 0.6 is 27.7 Å². The number of benzene rings is 2. The van der Waals surface area contributed by atoms with Crippen molar-refractivity contribution in [3.63, 3.8) is 0 Å². The van der Waals surface area contributed by atoms with Gasteiger partial charge in [0.05, 0.1) is 17.5 Å². The third-order valence-corrected chi connectivity index (χ3v) is 8.38. The Morgan fingerprint density at radius 3 is 2.52 bits per heavy atom. The molecule has 2 aromatic rings. The smallest absolute Gasteiger partial charge is 0.244 e. The maximum absolute atomic E-state index is 13.4. The molecule has 0 unspecified atom stereocenters. The van der Waals surface area contributed by atoms with Crippen molar-refractivity contribution in [1.82, 2.24) is 0 Å². The summed E-state index contributed by atoms with van der Waals surface area (Å²) in [7, 11) is -3.07. The van der Waals surface area contributed by atoms with Crippen LogP contribution in [0.5, 0.6) is 0 Å². The van der Waals surface area contributed by atoms with E-state index < -0.39 is 9.84 Å². The summed E-state index contributed by atoms with van der Waals surface area (Å²) in [6.07, 6.45) is 0. The van der Waals surface area contributed by atoms with Crippen LogP contribution in [0.3, 0.4) is 0 Å². The molecule has 0 spiro atoms. The first-order chi connectivity index (χ1) is 13.8. The third-order valence-electron chi connectivity index (χ3n) is 4.60. The van der Waals surface area contributed by atoms with Crippen LogP contribution in [-0.4, -0.2) is 48.8 Å². The highest BCUT2D eigenvalue weighted by Crippen LogP contribution is 2.36. The molecule has 2 atom stereocenters. The normalized spacial score (nSPS) is 22.1. The second-order valence-corrected chi connectivity index (χ2v) is 11.1. The number of hydrogen-bond acceptors (Lipinski definition) is 6. The number of thioether (sulfide) groups is 1. The molecule has 2 aliphatic rings. The summed E-state index contributed by atoms with van der Waals surface area (Å²) < 4.78 is 37.9. The van der Waals surface area contributed by atoms with Crippen LogP contribution in [0.25, 0.3) is 0 Å². The number of carbonyl (C=O) groups excluding carboxylic acids is 1. The molecule has 6 nitrogen and oxygen atoms in total. The summed E-state index contributed by atoms with van der Waals surface area (Å²) >= 11 is 4.71. The molecule has 4 rings (SSSR count). The number of fused-ring (bicyclic) bond motifs is 1. The Hall–Kier alpha value is -1.91. The van der Waals surface area contributed by atoms with E-state index in [-0.39, 0.29) is 41.1 Å². The van der Waals surface area contributed by atoms with E-state index in [1.54, 1.807) is 29.2 Å². The number of amides is 1. The molecule has 0 aromatic heterocycles. The van der Waals surface area contributed by atoms with Crippen molar-refractivity contribution in [2.24, 2.45) is 4.99 Å². The summed E-state index contributed by atoms with van der Waals surface area (Å²) in [6.45, 7) is -0.0281. The van der Waals surface area contributed by atoms with Gasteiger partial charge in [-0.3, -0.25) is 9.79 Å². The van der Waals surface area contributed by atoms with Crippen molar-refractivity contribution < 1.29 is 17.6 Å². The van der Waals surface area contributed by atoms with Crippen LogP contribution in [0, 0.1) is 5.82 Å². The average molecular weight is 498 g/mol. The number of carbonyl (C=O) groups is 1. The van der Waals surface area contributed by atoms with E-state index in [2.05, 4.69) is 26.2 Å². The van der Waals surface area contributed by atoms with E-state index in [4.69, 9.17) is 0 Å². The maximum Gasteiger partial charge on any atom is 0.244 e. The molecule has 152 valence electrons. The maximum atomic E-state index is 13.4. The molecule has 0 aliphatic carbocycles. The lowest BCUT2D eigenvalue weighted by atomic mass is 10.2. The molecule has 0 radical (unpaired) electrons. The highest BCUT2D eigenvalue weighted by molar-refractivity contribution is 9.10. The van der Waals surface area contributed by atoms with Gasteiger partial charge in [0.1, 0.15) is 12.4 Å². The van der Waals surface area contributed by atoms with Crippen LogP contribution in [0.15, 0.2) is 58.0 Å². The van der Waals surface area contributed by atoms with Gasteiger partial charge >= 0.3 is 0 Å². The van der Waals surface area contributed by atoms with E-state index in [0.29, 0.717) is 16.5 Å². The van der Waals surface area contributed by atoms with Gasteiger partial charge in [-0.15, -0.1) is 0 Å². The van der Waals surface area contributed by atoms with Gasteiger partial charge in [0.15, 0.2) is 15.0 Å². The molecule has 1 fully saturated rings. The SMILES string of the molecule is O=C(CN(C1=N[C@@H]2CS(=O)(=O)C[C@@H]2S1)c1ccc(F)cc1)Nc1ccc(Br)cc1. The minimum atomic E-state index is -3.07. The van der Waals surface area contributed by atoms with E-state index in [9.17, 15) is 17.6 Å². The number of rotatable bonds is 4. The van der Waals surface area contributed by atoms with Gasteiger partial charge in [0, 0.05) is 21.1 Å². The molecule has 0 bridgehead atoms. The molecule has 2 aliphatic heterocycles. The summed E-state index contributed by atoms with van der Waals surface area (Å²) in [5.74, 6) is -0.532. The fourth-order valence-corrected chi connectivity index (χ4v) is 7.28. The quantitative estimate of drug-likeness (QED) is 0.700. The zero-order valence-electron chi connectivity index (χ0n) is 15.1. The van der Waals surface area contributed by atoms with Crippen molar-refractivity contribution in [2.45, 2.75) is 11.3 Å². The highest BCUT2D eigenvalue weighted by Gasteiger charge is 2.44. The molecule has 2 heterocycles. The van der Waals surface area contributed by atoms with Crippen LogP contribution in [0.1, 0.15) is 0 Å². The number of nitrogens with one attached hydrogen (secondary N) is 1. The first kappa shape index (κ1) is 20.4. The zero-order chi connectivity index (χ0) is 20.6. The number of amidine groups is 1. The van der Waals surface area contributed by atoms with Crippen molar-refractivity contribution in [3.05, 3.63) is 58.8 Å². The van der Waals surface area contributed by atoms with Crippen molar-refractivity contribution in [3.8, 4) is 0 Å². The second-order valence-electron chi connectivity index (χ2n) is 6.83. The number of hydrogen-bond donors (Lipinski definition) is 1. The Morgan fingerprint density at radius 2 is 1.86 bits per heavy atom. The summed E-state index contributed by atoms with van der Waals surface area (Å²) in [5, 5.41) is 3.26. The molecule has 10 heteroatoms. The van der Waals surface area contributed by atoms with Gasteiger partial charge in [-0.1, -0.05) is 27.7 Å². The van der Waals surface area contributed by atoms with Gasteiger partial charge in [-0.2, -0.15) is 0 Å². The molecule has 0 saturated carbocycles. The largest absolute Gasteiger partial charge is 0.325 e. The molecule has 2 aromatic carbocycles. The Kier molecular flexibility index (Phi) is 5.67. The molecule has 1 N–H and O–H groups in total. The van der Waals surface area contributed by atoms with Crippen molar-refractivity contribution >= 4 is 60.0 Å². The second kappa shape index (κ2) is 8.08. The first-order valence-corrected chi connectivity index (χ1v) is 12.3. The standard InChI is InChI=1S/C19H17BrFN3O3S2/c20-12-1-5-14(6-2-12)22-18(25)9-24(15-7-3-13(21)4-8-15)19-23-16-10-29(26,27)11-17(16)28-19/h1-8,16-17H,9-11H2,(H,22,25)/t16-,17+/m1/s1. The minimum absolute atomic E-state index is 0.0243. The van der Waals surface area contributed by atoms with E-state index in [1.807, 2.05) is 12.1 Å². The molecular weight excluding hydrogens is 481 g/mol. The van der Waals surface area contributed by atoms with Crippen molar-refractivity contribution in [1.29, 1.82) is 0 Å². The van der Waals surface area contributed by atoms with Crippen molar-refractivity contribution in [2.75, 3.05) is 28.3 Å². The predicted octanol–water partition coefficient (Wildman–Crippen LogP) is 3.30. The Morgan fingerprint density at radius 1 is 1.17 bits per heavy atom. The summed E-state index contributed by atoms with van der Waals surface area (Å²) in [6, 6.07) is 12.7. The van der Waals surface area contributed by atoms with Crippen LogP contribution < -0.4 is 10.2 Å². The van der Waals surface area contributed by atoms with Gasteiger partial charge in [0.25, 0.3) is 0 Å². The van der Waals surface area contributed by atoms with E-state index >= 15 is 0 Å². The number of halogens is 2. The van der Waals surface area contributed by atoms with Crippen LogP contribution in [-0.2, 0) is 14.6 Å². The van der Waals surface area contributed by atoms with Crippen LogP contribution in [0.4, 0.5) is 15.8 Å². The Labute approximate surface area is 180 Å². The monoisotopic (exact) mass is 497 g/mol. The molecular formula is C19H17BrFN3O3S2. The molecule has 1 saturated heterocycles. The lowest BCUT2D eigenvalue weighted by molar-refractivity contribution is -0.114. The summed E-state index contributed by atoms with van der Waals surface area (Å²) in [5.41, 5.74) is 1.27. The van der Waals surface area contributed by atoms with Gasteiger partial charge in [0.2, 0.25) is 5.91 Å². The Bertz CT molecular complexity index is 1060. The fraction of sp³-hybridized carbons (Fsp3) is 0.263. The molecule has 1 amide bonds. The molecule has 29 heavy (non-hydrogen) atoms. The number of nitrogens with zero attached hydrogens (tertiary/aromatic N) is 2. The van der Waals surface area contributed by atoms with Gasteiger partial charge < -0.3 is 10.2 Å². The average Bonchev–Trinajstić information content (AvgIpc) is 3.16. The lowest BCUT2D eigenvalue weighted by Gasteiger charge is -2.24. The number of aliphatic imine (C=N–C) groups is 1. The first-order valence-electron chi connectivity index (χ1n) is 8.82. The topological polar surface area (TPSA) is 78.8 Å². The zero-order valence-corrected chi connectivity index (χ0v) is 18.3.